The summed E-state index contributed by atoms with van der Waals surface area (Å²) in [4.78, 5) is 10.5. The molecule has 1 heterocycles. The van der Waals surface area contributed by atoms with Crippen LogP contribution in [-0.2, 0) is 5.41 Å². The number of aromatic nitrogens is 2. The van der Waals surface area contributed by atoms with Crippen molar-refractivity contribution in [3.05, 3.63) is 132 Å². The van der Waals surface area contributed by atoms with Crippen LogP contribution in [0.1, 0.15) is 25.0 Å². The number of rotatable bonds is 2. The average molecular weight is 499 g/mol. The molecule has 8 rings (SSSR count). The largest absolute Gasteiger partial charge is 0.244 e. The van der Waals surface area contributed by atoms with Gasteiger partial charge in [-0.2, -0.15) is 0 Å². The second-order valence-electron chi connectivity index (χ2n) is 11.1. The Hall–Kier alpha value is -4.82. The smallest absolute Gasteiger partial charge is 0.0973 e. The lowest BCUT2D eigenvalue weighted by molar-refractivity contribution is 0.661. The average Bonchev–Trinajstić information content (AvgIpc) is 3.21. The first kappa shape index (κ1) is 22.2. The van der Waals surface area contributed by atoms with Crippen LogP contribution in [0.15, 0.2) is 121 Å². The molecule has 0 radical (unpaired) electrons. The van der Waals surface area contributed by atoms with Crippen LogP contribution in [0.25, 0.3) is 66.2 Å². The molecule has 0 bridgehead atoms. The van der Waals surface area contributed by atoms with E-state index in [1.165, 1.54) is 38.4 Å². The fourth-order valence-corrected chi connectivity index (χ4v) is 6.38. The van der Waals surface area contributed by atoms with Crippen molar-refractivity contribution in [2.24, 2.45) is 0 Å². The standard InChI is InChI=1S/C37H26N2/c1-37(2)31-15-9-8-14-29(31)30-21-25-16-17-26(20-27(25)22-32(30)37)35-34(24-11-4-3-5-12-24)38-33-19-18-23-10-6-7-13-28(23)36(33)39-35/h3-22H,1-2H3. The minimum Gasteiger partial charge on any atom is -0.244 e. The van der Waals surface area contributed by atoms with E-state index >= 15 is 0 Å². The van der Waals surface area contributed by atoms with Crippen molar-refractivity contribution in [2.45, 2.75) is 19.3 Å². The predicted molar refractivity (Wildman–Crippen MR) is 163 cm³/mol. The van der Waals surface area contributed by atoms with Gasteiger partial charge in [0.05, 0.1) is 22.4 Å². The van der Waals surface area contributed by atoms with Gasteiger partial charge in [-0.1, -0.05) is 111 Å². The van der Waals surface area contributed by atoms with E-state index in [1.54, 1.807) is 0 Å². The van der Waals surface area contributed by atoms with Gasteiger partial charge in [-0.25, -0.2) is 9.97 Å². The van der Waals surface area contributed by atoms with Gasteiger partial charge < -0.3 is 0 Å². The van der Waals surface area contributed by atoms with Gasteiger partial charge in [0.2, 0.25) is 0 Å². The number of fused-ring (bicyclic) bond motifs is 7. The molecular weight excluding hydrogens is 472 g/mol. The summed E-state index contributed by atoms with van der Waals surface area (Å²) in [6.45, 7) is 4.67. The zero-order chi connectivity index (χ0) is 26.1. The third-order valence-electron chi connectivity index (χ3n) is 8.42. The number of hydrogen-bond donors (Lipinski definition) is 0. The van der Waals surface area contributed by atoms with Gasteiger partial charge >= 0.3 is 0 Å². The Labute approximate surface area is 227 Å². The first-order chi connectivity index (χ1) is 19.1. The second-order valence-corrected chi connectivity index (χ2v) is 11.1. The molecule has 39 heavy (non-hydrogen) atoms. The molecule has 0 unspecified atom stereocenters. The molecule has 0 saturated heterocycles. The zero-order valence-corrected chi connectivity index (χ0v) is 21.9. The van der Waals surface area contributed by atoms with Crippen molar-refractivity contribution in [3.8, 4) is 33.6 Å². The first-order valence-electron chi connectivity index (χ1n) is 13.5. The van der Waals surface area contributed by atoms with E-state index in [1.807, 2.05) is 6.07 Å². The van der Waals surface area contributed by atoms with Crippen LogP contribution in [0.5, 0.6) is 0 Å². The lowest BCUT2D eigenvalue weighted by Crippen LogP contribution is -2.14. The lowest BCUT2D eigenvalue weighted by Gasteiger charge is -2.21. The summed E-state index contributed by atoms with van der Waals surface area (Å²) in [5.41, 5.74) is 11.3. The summed E-state index contributed by atoms with van der Waals surface area (Å²) in [6.07, 6.45) is 0. The fourth-order valence-electron chi connectivity index (χ4n) is 6.38. The number of benzene rings is 6. The molecule has 1 aromatic heterocycles. The van der Waals surface area contributed by atoms with Gasteiger partial charge in [0.1, 0.15) is 0 Å². The Bertz CT molecular complexity index is 2090. The Morgan fingerprint density at radius 3 is 2.13 bits per heavy atom. The summed E-state index contributed by atoms with van der Waals surface area (Å²) in [6, 6.07) is 43.4. The van der Waals surface area contributed by atoms with Crippen LogP contribution in [0.2, 0.25) is 0 Å². The molecule has 2 nitrogen and oxygen atoms in total. The Morgan fingerprint density at radius 1 is 0.487 bits per heavy atom. The summed E-state index contributed by atoms with van der Waals surface area (Å²) in [5, 5.41) is 4.77. The third-order valence-corrected chi connectivity index (χ3v) is 8.42. The predicted octanol–water partition coefficient (Wildman–Crippen LogP) is 9.58. The van der Waals surface area contributed by atoms with E-state index < -0.39 is 0 Å². The van der Waals surface area contributed by atoms with Crippen molar-refractivity contribution in [1.29, 1.82) is 0 Å². The fraction of sp³-hybridized carbons (Fsp3) is 0.0811. The van der Waals surface area contributed by atoms with Gasteiger partial charge in [0, 0.05) is 21.9 Å². The van der Waals surface area contributed by atoms with Gasteiger partial charge in [0.15, 0.2) is 0 Å². The highest BCUT2D eigenvalue weighted by atomic mass is 14.8. The molecule has 0 spiro atoms. The van der Waals surface area contributed by atoms with Crippen molar-refractivity contribution in [2.75, 3.05) is 0 Å². The highest BCUT2D eigenvalue weighted by Gasteiger charge is 2.35. The summed E-state index contributed by atoms with van der Waals surface area (Å²) >= 11 is 0. The molecule has 1 aliphatic carbocycles. The molecule has 0 N–H and O–H groups in total. The quantitative estimate of drug-likeness (QED) is 0.222. The summed E-state index contributed by atoms with van der Waals surface area (Å²) in [5.74, 6) is 0. The van der Waals surface area contributed by atoms with Crippen LogP contribution in [0.3, 0.4) is 0 Å². The summed E-state index contributed by atoms with van der Waals surface area (Å²) < 4.78 is 0. The maximum Gasteiger partial charge on any atom is 0.0973 e. The highest BCUT2D eigenvalue weighted by molar-refractivity contribution is 6.05. The van der Waals surface area contributed by atoms with E-state index in [-0.39, 0.29) is 5.41 Å². The number of hydrogen-bond acceptors (Lipinski definition) is 2. The SMILES string of the molecule is CC1(C)c2ccccc2-c2cc3ccc(-c4nc5c(ccc6ccccc65)nc4-c4ccccc4)cc3cc21. The van der Waals surface area contributed by atoms with E-state index in [0.29, 0.717) is 0 Å². The third kappa shape index (κ3) is 3.28. The summed E-state index contributed by atoms with van der Waals surface area (Å²) in [7, 11) is 0. The van der Waals surface area contributed by atoms with Gasteiger partial charge in [-0.15, -0.1) is 0 Å². The Balaban J connectivity index is 1.39. The van der Waals surface area contributed by atoms with E-state index in [0.717, 1.165) is 38.9 Å². The molecule has 0 saturated carbocycles. The minimum absolute atomic E-state index is 0.0347. The Kier molecular flexibility index (Phi) is 4.60. The molecule has 1 aliphatic rings. The molecule has 7 aromatic rings. The molecule has 0 aliphatic heterocycles. The number of nitrogens with zero attached hydrogens (tertiary/aromatic N) is 2. The van der Waals surface area contributed by atoms with Crippen LogP contribution in [0.4, 0.5) is 0 Å². The van der Waals surface area contributed by atoms with Crippen molar-refractivity contribution in [3.63, 3.8) is 0 Å². The zero-order valence-electron chi connectivity index (χ0n) is 21.9. The van der Waals surface area contributed by atoms with Crippen LogP contribution < -0.4 is 0 Å². The minimum atomic E-state index is -0.0347. The first-order valence-corrected chi connectivity index (χ1v) is 13.5. The molecule has 0 atom stereocenters. The molecule has 0 fully saturated rings. The maximum absolute atomic E-state index is 5.33. The van der Waals surface area contributed by atoms with Crippen LogP contribution >= 0.6 is 0 Å². The second kappa shape index (κ2) is 8.09. The van der Waals surface area contributed by atoms with E-state index in [9.17, 15) is 0 Å². The highest BCUT2D eigenvalue weighted by Crippen LogP contribution is 2.50. The van der Waals surface area contributed by atoms with Crippen LogP contribution in [-0.4, -0.2) is 9.97 Å². The molecule has 6 aromatic carbocycles. The molecule has 0 amide bonds. The van der Waals surface area contributed by atoms with Crippen LogP contribution in [0, 0.1) is 0 Å². The van der Waals surface area contributed by atoms with Gasteiger partial charge in [-0.3, -0.25) is 0 Å². The molecule has 184 valence electrons. The topological polar surface area (TPSA) is 25.8 Å². The lowest BCUT2D eigenvalue weighted by atomic mass is 9.82. The van der Waals surface area contributed by atoms with E-state index in [4.69, 9.17) is 9.97 Å². The van der Waals surface area contributed by atoms with Crippen molar-refractivity contribution >= 4 is 32.6 Å². The normalized spacial score (nSPS) is 13.6. The monoisotopic (exact) mass is 498 g/mol. The van der Waals surface area contributed by atoms with Crippen molar-refractivity contribution < 1.29 is 0 Å². The Morgan fingerprint density at radius 2 is 1.23 bits per heavy atom. The molecule has 2 heteroatoms. The van der Waals surface area contributed by atoms with Crippen molar-refractivity contribution in [1.82, 2.24) is 9.97 Å². The maximum atomic E-state index is 5.33. The van der Waals surface area contributed by atoms with Gasteiger partial charge in [-0.05, 0) is 62.7 Å². The molecular formula is C37H26N2. The van der Waals surface area contributed by atoms with Gasteiger partial charge in [0.25, 0.3) is 0 Å². The van der Waals surface area contributed by atoms with E-state index in [2.05, 4.69) is 129 Å².